The number of nitrogens with zero attached hydrogens (tertiary/aromatic N) is 6. The van der Waals surface area contributed by atoms with Gasteiger partial charge in [-0.25, -0.2) is 9.50 Å². The summed E-state index contributed by atoms with van der Waals surface area (Å²) in [4.78, 5) is 49.8. The van der Waals surface area contributed by atoms with Crippen molar-refractivity contribution in [1.82, 2.24) is 34.7 Å². The van der Waals surface area contributed by atoms with E-state index >= 15 is 0 Å². The molecule has 4 rings (SSSR count). The highest BCUT2D eigenvalue weighted by atomic mass is 32.2. The van der Waals surface area contributed by atoms with Crippen LogP contribution in [0.2, 0.25) is 0 Å². The summed E-state index contributed by atoms with van der Waals surface area (Å²) in [6, 6.07) is 9.34. The summed E-state index contributed by atoms with van der Waals surface area (Å²) in [6.45, 7) is 8.89. The number of carbonyl (C=O) groups excluding carboxylic acids is 3. The smallest absolute Gasteiger partial charge is 0.312 e. The molecule has 10 nitrogen and oxygen atoms in total. The third-order valence-corrected chi connectivity index (χ3v) is 6.56. The van der Waals surface area contributed by atoms with Crippen LogP contribution in [0.5, 0.6) is 0 Å². The summed E-state index contributed by atoms with van der Waals surface area (Å²) in [6.07, 6.45) is 0. The van der Waals surface area contributed by atoms with E-state index in [9.17, 15) is 14.4 Å². The van der Waals surface area contributed by atoms with Crippen molar-refractivity contribution in [3.8, 4) is 0 Å². The number of aromatic nitrogens is 4. The summed E-state index contributed by atoms with van der Waals surface area (Å²) in [5.74, 6) is -0.157. The van der Waals surface area contributed by atoms with E-state index in [1.54, 1.807) is 23.3 Å². The van der Waals surface area contributed by atoms with Crippen LogP contribution in [0.3, 0.4) is 0 Å². The second-order valence-corrected chi connectivity index (χ2v) is 9.75. The Morgan fingerprint density at radius 1 is 1.03 bits per heavy atom. The van der Waals surface area contributed by atoms with Gasteiger partial charge in [0, 0.05) is 54.9 Å². The van der Waals surface area contributed by atoms with Crippen LogP contribution in [-0.2, 0) is 15.3 Å². The van der Waals surface area contributed by atoms with E-state index in [2.05, 4.69) is 20.4 Å². The number of piperazine rings is 1. The number of fused-ring (bicyclic) bond motifs is 1. The molecule has 3 amide bonds. The number of nitrogens with one attached hydrogen (secondary N) is 1. The number of aryl methyl sites for hydroxylation is 2. The van der Waals surface area contributed by atoms with E-state index in [4.69, 9.17) is 0 Å². The van der Waals surface area contributed by atoms with Crippen LogP contribution in [0, 0.1) is 13.8 Å². The van der Waals surface area contributed by atoms with Gasteiger partial charge in [0.05, 0.1) is 0 Å². The Bertz CT molecular complexity index is 1270. The molecule has 0 spiro atoms. The van der Waals surface area contributed by atoms with Crippen molar-refractivity contribution in [1.29, 1.82) is 0 Å². The Morgan fingerprint density at radius 3 is 2.43 bits per heavy atom. The van der Waals surface area contributed by atoms with Crippen molar-refractivity contribution in [2.24, 2.45) is 0 Å². The molecule has 0 saturated carbocycles. The molecule has 35 heavy (non-hydrogen) atoms. The lowest BCUT2D eigenvalue weighted by Gasteiger charge is -2.34. The maximum atomic E-state index is 13.3. The van der Waals surface area contributed by atoms with Crippen LogP contribution in [0.1, 0.15) is 41.2 Å². The molecule has 1 saturated heterocycles. The van der Waals surface area contributed by atoms with E-state index in [1.807, 2.05) is 44.2 Å². The normalized spacial score (nSPS) is 14.0. The van der Waals surface area contributed by atoms with E-state index in [0.29, 0.717) is 48.4 Å². The predicted molar refractivity (Wildman–Crippen MR) is 132 cm³/mol. The lowest BCUT2D eigenvalue weighted by Crippen LogP contribution is -2.54. The first-order valence-electron chi connectivity index (χ1n) is 11.5. The molecule has 1 aliphatic rings. The first kappa shape index (κ1) is 24.6. The Balaban J connectivity index is 1.40. The third kappa shape index (κ3) is 5.61. The lowest BCUT2D eigenvalue weighted by atomic mass is 10.1. The van der Waals surface area contributed by atoms with Crippen LogP contribution in [-0.4, -0.2) is 79.3 Å². The van der Waals surface area contributed by atoms with Gasteiger partial charge in [-0.3, -0.25) is 14.4 Å². The average molecular weight is 496 g/mol. The van der Waals surface area contributed by atoms with Gasteiger partial charge in [-0.1, -0.05) is 30.0 Å². The minimum Gasteiger partial charge on any atom is -0.346 e. The molecule has 0 radical (unpaired) electrons. The average Bonchev–Trinajstić information content (AvgIpc) is 3.25. The molecule has 2 aromatic heterocycles. The van der Waals surface area contributed by atoms with Crippen molar-refractivity contribution in [3.63, 3.8) is 0 Å². The highest BCUT2D eigenvalue weighted by molar-refractivity contribution is 7.98. The van der Waals surface area contributed by atoms with Crippen LogP contribution in [0.15, 0.2) is 35.5 Å². The van der Waals surface area contributed by atoms with Gasteiger partial charge in [0.1, 0.15) is 0 Å². The number of amides is 3. The summed E-state index contributed by atoms with van der Waals surface area (Å²) in [5, 5.41) is 7.75. The second kappa shape index (κ2) is 10.4. The van der Waals surface area contributed by atoms with Gasteiger partial charge < -0.3 is 15.1 Å². The summed E-state index contributed by atoms with van der Waals surface area (Å²) >= 11 is 1.45. The van der Waals surface area contributed by atoms with E-state index in [1.165, 1.54) is 16.7 Å². The standard InChI is InChI=1S/C24H29N7O3S/c1-15(2)25-20(32)22(34)30-11-9-29(10-12-30)21(33)19-8-6-5-7-18(19)14-35-24-27-23-26-16(3)13-17(4)31(23)28-24/h5-8,13,15H,9-12,14H2,1-4H3,(H,25,32). The van der Waals surface area contributed by atoms with Crippen LogP contribution in [0.25, 0.3) is 5.78 Å². The van der Waals surface area contributed by atoms with Crippen molar-refractivity contribution in [2.75, 3.05) is 26.2 Å². The van der Waals surface area contributed by atoms with Gasteiger partial charge in [0.15, 0.2) is 0 Å². The topological polar surface area (TPSA) is 113 Å². The Hall–Kier alpha value is -3.47. The van der Waals surface area contributed by atoms with Crippen LogP contribution < -0.4 is 5.32 Å². The number of hydrogen-bond acceptors (Lipinski definition) is 7. The van der Waals surface area contributed by atoms with Gasteiger partial charge in [0.25, 0.3) is 11.7 Å². The van der Waals surface area contributed by atoms with Gasteiger partial charge in [-0.15, -0.1) is 5.10 Å². The molecule has 1 aliphatic heterocycles. The van der Waals surface area contributed by atoms with Crippen molar-refractivity contribution >= 4 is 35.3 Å². The quantitative estimate of drug-likeness (QED) is 0.425. The largest absolute Gasteiger partial charge is 0.346 e. The summed E-state index contributed by atoms with van der Waals surface area (Å²) in [7, 11) is 0. The Labute approximate surface area is 208 Å². The second-order valence-electron chi connectivity index (χ2n) is 8.80. The maximum Gasteiger partial charge on any atom is 0.312 e. The molecule has 0 atom stereocenters. The molecule has 3 heterocycles. The minimum absolute atomic E-state index is 0.0870. The molecular formula is C24H29N7O3S. The van der Waals surface area contributed by atoms with E-state index < -0.39 is 11.8 Å². The third-order valence-electron chi connectivity index (χ3n) is 5.67. The van der Waals surface area contributed by atoms with Gasteiger partial charge >= 0.3 is 11.8 Å². The fourth-order valence-corrected chi connectivity index (χ4v) is 4.78. The Morgan fingerprint density at radius 2 is 1.71 bits per heavy atom. The number of hydrogen-bond donors (Lipinski definition) is 1. The molecule has 184 valence electrons. The fraction of sp³-hybridized carbons (Fsp3) is 0.417. The number of carbonyl (C=O) groups is 3. The van der Waals surface area contributed by atoms with Crippen LogP contribution in [0.4, 0.5) is 0 Å². The van der Waals surface area contributed by atoms with Crippen LogP contribution >= 0.6 is 11.8 Å². The molecule has 1 fully saturated rings. The van der Waals surface area contributed by atoms with E-state index in [-0.39, 0.29) is 11.9 Å². The lowest BCUT2D eigenvalue weighted by molar-refractivity contribution is -0.147. The van der Waals surface area contributed by atoms with Gasteiger partial charge in [-0.2, -0.15) is 4.98 Å². The number of rotatable bonds is 5. The zero-order valence-electron chi connectivity index (χ0n) is 20.3. The molecule has 11 heteroatoms. The first-order valence-corrected chi connectivity index (χ1v) is 12.5. The SMILES string of the molecule is Cc1cc(C)n2nc(SCc3ccccc3C(=O)N3CCN(C(=O)C(=O)NC(C)C)CC3)nc2n1. The van der Waals surface area contributed by atoms with Crippen molar-refractivity contribution in [3.05, 3.63) is 52.8 Å². The molecule has 0 unspecified atom stereocenters. The highest BCUT2D eigenvalue weighted by Crippen LogP contribution is 2.24. The minimum atomic E-state index is -0.608. The predicted octanol–water partition coefficient (Wildman–Crippen LogP) is 1.84. The maximum absolute atomic E-state index is 13.3. The number of benzene rings is 1. The molecule has 0 aliphatic carbocycles. The van der Waals surface area contributed by atoms with Crippen molar-refractivity contribution in [2.45, 2.75) is 44.6 Å². The zero-order chi connectivity index (χ0) is 25.1. The van der Waals surface area contributed by atoms with E-state index in [0.717, 1.165) is 17.0 Å². The molecule has 1 N–H and O–H groups in total. The van der Waals surface area contributed by atoms with Gasteiger partial charge in [-0.05, 0) is 45.4 Å². The molecular weight excluding hydrogens is 466 g/mol. The molecule has 1 aromatic carbocycles. The summed E-state index contributed by atoms with van der Waals surface area (Å²) in [5.41, 5.74) is 3.35. The highest BCUT2D eigenvalue weighted by Gasteiger charge is 2.29. The number of thioether (sulfide) groups is 1. The van der Waals surface area contributed by atoms with Crippen molar-refractivity contribution < 1.29 is 14.4 Å². The van der Waals surface area contributed by atoms with Gasteiger partial charge in [0.2, 0.25) is 5.16 Å². The Kier molecular flexibility index (Phi) is 7.34. The zero-order valence-corrected chi connectivity index (χ0v) is 21.1. The monoisotopic (exact) mass is 495 g/mol. The first-order chi connectivity index (χ1) is 16.7. The molecule has 0 bridgehead atoms. The molecule has 3 aromatic rings. The fourth-order valence-electron chi connectivity index (χ4n) is 3.96. The summed E-state index contributed by atoms with van der Waals surface area (Å²) < 4.78 is 1.72.